The number of nitrogens with zero attached hydrogens (tertiary/aromatic N) is 1. The summed E-state index contributed by atoms with van der Waals surface area (Å²) in [4.78, 5) is 0. The summed E-state index contributed by atoms with van der Waals surface area (Å²) in [5.74, 6) is 0. The Kier molecular flexibility index (Phi) is 3.28. The molecule has 1 aliphatic heterocycles. The fraction of sp³-hybridized carbons (Fsp3) is 0.455. The van der Waals surface area contributed by atoms with Crippen molar-refractivity contribution in [2.75, 3.05) is 19.4 Å². The summed E-state index contributed by atoms with van der Waals surface area (Å²) in [5, 5.41) is 0. The van der Waals surface area contributed by atoms with Crippen molar-refractivity contribution in [1.82, 2.24) is 4.31 Å². The summed E-state index contributed by atoms with van der Waals surface area (Å²) >= 11 is 0. The van der Waals surface area contributed by atoms with Crippen LogP contribution in [0.3, 0.4) is 0 Å². The average Bonchev–Trinajstić information content (AvgIpc) is 3.01. The molecule has 5 heteroatoms. The molecule has 1 saturated heterocycles. The normalized spacial score (nSPS) is 20.0. The van der Waals surface area contributed by atoms with Crippen LogP contribution in [0.15, 0.2) is 30.3 Å². The van der Waals surface area contributed by atoms with Gasteiger partial charge in [-0.15, -0.1) is 0 Å². The third-order valence-electron chi connectivity index (χ3n) is 2.48. The lowest BCUT2D eigenvalue weighted by Crippen LogP contribution is -2.32. The first-order valence-corrected chi connectivity index (χ1v) is 7.01. The van der Waals surface area contributed by atoms with Crippen LogP contribution in [-0.4, -0.2) is 38.2 Å². The van der Waals surface area contributed by atoms with E-state index in [0.29, 0.717) is 19.7 Å². The van der Waals surface area contributed by atoms with E-state index in [-0.39, 0.29) is 6.10 Å². The molecule has 0 unspecified atom stereocenters. The third kappa shape index (κ3) is 3.30. The van der Waals surface area contributed by atoms with Crippen molar-refractivity contribution in [3.8, 4) is 0 Å². The summed E-state index contributed by atoms with van der Waals surface area (Å²) in [6, 6.07) is 9.57. The molecule has 0 aliphatic carbocycles. The molecule has 0 bridgehead atoms. The van der Waals surface area contributed by atoms with Crippen LogP contribution in [-0.2, 0) is 21.3 Å². The van der Waals surface area contributed by atoms with Crippen molar-refractivity contribution in [3.63, 3.8) is 0 Å². The number of benzene rings is 1. The Morgan fingerprint density at radius 2 is 2.00 bits per heavy atom. The van der Waals surface area contributed by atoms with Gasteiger partial charge in [0.25, 0.3) is 0 Å². The maximum Gasteiger partial charge on any atom is 0.211 e. The van der Waals surface area contributed by atoms with Crippen molar-refractivity contribution in [1.29, 1.82) is 0 Å². The molecular weight excluding hydrogens is 226 g/mol. The zero-order chi connectivity index (χ0) is 11.6. The number of epoxide rings is 1. The Balaban J connectivity index is 2.07. The smallest absolute Gasteiger partial charge is 0.211 e. The molecular formula is C11H15NO3S. The highest BCUT2D eigenvalue weighted by molar-refractivity contribution is 7.88. The van der Waals surface area contributed by atoms with Gasteiger partial charge < -0.3 is 4.74 Å². The molecule has 1 atom stereocenters. The van der Waals surface area contributed by atoms with E-state index in [2.05, 4.69) is 0 Å². The molecule has 0 saturated carbocycles. The summed E-state index contributed by atoms with van der Waals surface area (Å²) in [6.45, 7) is 1.54. The second-order valence-electron chi connectivity index (χ2n) is 4.00. The first-order chi connectivity index (χ1) is 7.55. The van der Waals surface area contributed by atoms with Crippen molar-refractivity contribution in [3.05, 3.63) is 35.9 Å². The van der Waals surface area contributed by atoms with E-state index in [1.165, 1.54) is 10.6 Å². The summed E-state index contributed by atoms with van der Waals surface area (Å²) in [5.41, 5.74) is 0.994. The van der Waals surface area contributed by atoms with E-state index >= 15 is 0 Å². The minimum absolute atomic E-state index is 0.0819. The van der Waals surface area contributed by atoms with Crippen LogP contribution in [0, 0.1) is 0 Å². The van der Waals surface area contributed by atoms with E-state index in [0.717, 1.165) is 5.56 Å². The van der Waals surface area contributed by atoms with Crippen LogP contribution in [0.25, 0.3) is 0 Å². The van der Waals surface area contributed by atoms with Crippen LogP contribution < -0.4 is 0 Å². The first-order valence-electron chi connectivity index (χ1n) is 5.16. The monoisotopic (exact) mass is 241 g/mol. The van der Waals surface area contributed by atoms with Gasteiger partial charge in [0, 0.05) is 13.1 Å². The lowest BCUT2D eigenvalue weighted by atomic mass is 10.2. The molecule has 2 rings (SSSR count). The molecule has 4 nitrogen and oxygen atoms in total. The van der Waals surface area contributed by atoms with Crippen LogP contribution in [0.2, 0.25) is 0 Å². The highest BCUT2D eigenvalue weighted by Crippen LogP contribution is 2.15. The number of sulfonamides is 1. The Hall–Kier alpha value is -0.910. The molecule has 1 fully saturated rings. The maximum atomic E-state index is 11.6. The summed E-state index contributed by atoms with van der Waals surface area (Å²) < 4.78 is 29.7. The topological polar surface area (TPSA) is 49.9 Å². The molecule has 1 aromatic rings. The van der Waals surface area contributed by atoms with Crippen molar-refractivity contribution < 1.29 is 13.2 Å². The van der Waals surface area contributed by atoms with Gasteiger partial charge in [-0.2, -0.15) is 4.31 Å². The number of rotatable bonds is 5. The predicted molar refractivity (Wildman–Crippen MR) is 61.4 cm³/mol. The first kappa shape index (κ1) is 11.6. The van der Waals surface area contributed by atoms with Gasteiger partial charge in [-0.25, -0.2) is 8.42 Å². The van der Waals surface area contributed by atoms with Gasteiger partial charge in [-0.3, -0.25) is 0 Å². The number of hydrogen-bond donors (Lipinski definition) is 0. The predicted octanol–water partition coefficient (Wildman–Crippen LogP) is 0.847. The van der Waals surface area contributed by atoms with Gasteiger partial charge >= 0.3 is 0 Å². The van der Waals surface area contributed by atoms with E-state index in [4.69, 9.17) is 4.74 Å². The zero-order valence-corrected chi connectivity index (χ0v) is 9.98. The van der Waals surface area contributed by atoms with E-state index in [1.54, 1.807) is 0 Å². The van der Waals surface area contributed by atoms with Crippen molar-refractivity contribution in [2.24, 2.45) is 0 Å². The van der Waals surface area contributed by atoms with Gasteiger partial charge in [0.2, 0.25) is 10.0 Å². The third-order valence-corrected chi connectivity index (χ3v) is 3.70. The van der Waals surface area contributed by atoms with E-state index in [1.807, 2.05) is 30.3 Å². The molecule has 0 N–H and O–H groups in total. The fourth-order valence-corrected chi connectivity index (χ4v) is 2.33. The second kappa shape index (κ2) is 4.53. The Morgan fingerprint density at radius 1 is 1.38 bits per heavy atom. The van der Waals surface area contributed by atoms with Gasteiger partial charge in [0.1, 0.15) is 0 Å². The highest BCUT2D eigenvalue weighted by Gasteiger charge is 2.29. The van der Waals surface area contributed by atoms with Crippen LogP contribution in [0.5, 0.6) is 0 Å². The van der Waals surface area contributed by atoms with Gasteiger partial charge in [0.05, 0.1) is 19.0 Å². The molecule has 88 valence electrons. The zero-order valence-electron chi connectivity index (χ0n) is 9.17. The fourth-order valence-electron chi connectivity index (χ4n) is 1.50. The van der Waals surface area contributed by atoms with E-state index < -0.39 is 10.0 Å². The Labute approximate surface area is 95.9 Å². The minimum Gasteiger partial charge on any atom is -0.372 e. The average molecular weight is 241 g/mol. The molecule has 0 aromatic heterocycles. The van der Waals surface area contributed by atoms with Gasteiger partial charge in [0.15, 0.2) is 0 Å². The Morgan fingerprint density at radius 3 is 2.50 bits per heavy atom. The second-order valence-corrected chi connectivity index (χ2v) is 5.98. The van der Waals surface area contributed by atoms with Gasteiger partial charge in [-0.05, 0) is 5.56 Å². The molecule has 0 amide bonds. The van der Waals surface area contributed by atoms with Gasteiger partial charge in [-0.1, -0.05) is 30.3 Å². The molecule has 1 aromatic carbocycles. The molecule has 1 heterocycles. The number of hydrogen-bond acceptors (Lipinski definition) is 3. The maximum absolute atomic E-state index is 11.6. The minimum atomic E-state index is -3.16. The molecule has 1 aliphatic rings. The lowest BCUT2D eigenvalue weighted by molar-refractivity contribution is 0.333. The lowest BCUT2D eigenvalue weighted by Gasteiger charge is -2.18. The largest absolute Gasteiger partial charge is 0.372 e. The van der Waals surface area contributed by atoms with Crippen LogP contribution in [0.4, 0.5) is 0 Å². The molecule has 16 heavy (non-hydrogen) atoms. The number of ether oxygens (including phenoxy) is 1. The highest BCUT2D eigenvalue weighted by atomic mass is 32.2. The van der Waals surface area contributed by atoms with E-state index in [9.17, 15) is 8.42 Å². The van der Waals surface area contributed by atoms with Crippen molar-refractivity contribution >= 4 is 10.0 Å². The Bertz CT molecular complexity index is 440. The summed E-state index contributed by atoms with van der Waals surface area (Å²) in [6.07, 6.45) is 1.32. The van der Waals surface area contributed by atoms with Crippen molar-refractivity contribution in [2.45, 2.75) is 12.6 Å². The van der Waals surface area contributed by atoms with Crippen LogP contribution >= 0.6 is 0 Å². The SMILES string of the molecule is CS(=O)(=O)N(Cc1ccccc1)C[C@@H]1CO1. The standard InChI is InChI=1S/C11H15NO3S/c1-16(13,14)12(8-11-9-15-11)7-10-5-3-2-4-6-10/h2-6,11H,7-9H2,1H3/t11-/m1/s1. The van der Waals surface area contributed by atoms with Crippen LogP contribution in [0.1, 0.15) is 5.56 Å². The molecule has 0 radical (unpaired) electrons. The quantitative estimate of drug-likeness (QED) is 0.718. The summed E-state index contributed by atoms with van der Waals surface area (Å²) in [7, 11) is -3.16. The molecule has 0 spiro atoms.